The zero-order valence-electron chi connectivity index (χ0n) is 12.9. The van der Waals surface area contributed by atoms with Crippen molar-refractivity contribution in [2.75, 3.05) is 0 Å². The Labute approximate surface area is 134 Å². The van der Waals surface area contributed by atoms with Gasteiger partial charge in [0, 0.05) is 0 Å². The number of benzene rings is 3. The van der Waals surface area contributed by atoms with Crippen LogP contribution in [-0.4, -0.2) is 5.11 Å². The van der Waals surface area contributed by atoms with Gasteiger partial charge in [-0.3, -0.25) is 0 Å². The van der Waals surface area contributed by atoms with Gasteiger partial charge in [-0.1, -0.05) is 43.7 Å². The molecular weight excluding hydrogens is 294 g/mol. The molecule has 0 unspecified atom stereocenters. The van der Waals surface area contributed by atoms with E-state index in [0.29, 0.717) is 10.9 Å². The molecule has 3 rings (SSSR count). The summed E-state index contributed by atoms with van der Waals surface area (Å²) in [6.07, 6.45) is 3.33. The highest BCUT2D eigenvalue weighted by Gasteiger charge is 2.13. The molecule has 118 valence electrons. The molecule has 23 heavy (non-hydrogen) atoms. The molecule has 0 aliphatic carbocycles. The number of rotatable bonds is 4. The summed E-state index contributed by atoms with van der Waals surface area (Å²) in [6, 6.07) is 13.8. The Bertz CT molecular complexity index is 838. The summed E-state index contributed by atoms with van der Waals surface area (Å²) in [5.74, 6) is -2.12. The first-order valence-corrected chi connectivity index (χ1v) is 7.80. The Kier molecular flexibility index (Phi) is 4.28. The summed E-state index contributed by atoms with van der Waals surface area (Å²) in [5, 5.41) is 9.65. The zero-order chi connectivity index (χ0) is 16.4. The minimum Gasteiger partial charge on any atom is -0.505 e. The van der Waals surface area contributed by atoms with Crippen LogP contribution in [0, 0.1) is 11.6 Å². The summed E-state index contributed by atoms with van der Waals surface area (Å²) in [6.45, 7) is 2.16. The molecule has 0 aromatic heterocycles. The van der Waals surface area contributed by atoms with Crippen molar-refractivity contribution in [3.63, 3.8) is 0 Å². The average molecular weight is 312 g/mol. The molecule has 1 N–H and O–H groups in total. The largest absolute Gasteiger partial charge is 0.505 e. The van der Waals surface area contributed by atoms with E-state index in [9.17, 15) is 13.9 Å². The van der Waals surface area contributed by atoms with Crippen LogP contribution in [0.25, 0.3) is 21.9 Å². The molecule has 0 saturated heterocycles. The monoisotopic (exact) mass is 312 g/mol. The third-order valence-corrected chi connectivity index (χ3v) is 4.09. The second kappa shape index (κ2) is 6.37. The van der Waals surface area contributed by atoms with Crippen molar-refractivity contribution < 1.29 is 13.9 Å². The van der Waals surface area contributed by atoms with E-state index in [-0.39, 0.29) is 5.39 Å². The highest BCUT2D eigenvalue weighted by molar-refractivity contribution is 5.89. The maximum absolute atomic E-state index is 14.3. The lowest BCUT2D eigenvalue weighted by atomic mass is 9.98. The number of phenols is 1. The van der Waals surface area contributed by atoms with E-state index in [1.54, 1.807) is 6.07 Å². The standard InChI is InChI=1S/C20H18F2O/c1-2-3-4-13-5-7-14(8-6-13)16-11-15-9-10-18(23)20(22)19(15)17(21)12-16/h5-12,23H,2-4H2,1H3. The van der Waals surface area contributed by atoms with Crippen molar-refractivity contribution in [3.05, 3.63) is 65.7 Å². The van der Waals surface area contributed by atoms with Crippen LogP contribution in [0.3, 0.4) is 0 Å². The van der Waals surface area contributed by atoms with Gasteiger partial charge in [0.2, 0.25) is 0 Å². The smallest absolute Gasteiger partial charge is 0.175 e. The lowest BCUT2D eigenvalue weighted by molar-refractivity contribution is 0.435. The first kappa shape index (κ1) is 15.5. The fraction of sp³-hybridized carbons (Fsp3) is 0.200. The lowest BCUT2D eigenvalue weighted by Gasteiger charge is -2.08. The number of hydrogen-bond donors (Lipinski definition) is 1. The summed E-state index contributed by atoms with van der Waals surface area (Å²) in [7, 11) is 0. The molecule has 3 heteroatoms. The van der Waals surface area contributed by atoms with E-state index in [0.717, 1.165) is 24.8 Å². The molecule has 3 aromatic rings. The van der Waals surface area contributed by atoms with Crippen molar-refractivity contribution >= 4 is 10.8 Å². The van der Waals surface area contributed by atoms with Crippen LogP contribution in [0.15, 0.2) is 48.5 Å². The topological polar surface area (TPSA) is 20.2 Å². The quantitative estimate of drug-likeness (QED) is 0.642. The molecule has 0 radical (unpaired) electrons. The van der Waals surface area contributed by atoms with E-state index < -0.39 is 17.4 Å². The van der Waals surface area contributed by atoms with E-state index in [4.69, 9.17) is 0 Å². The maximum atomic E-state index is 14.3. The normalized spacial score (nSPS) is 11.1. The second-order valence-corrected chi connectivity index (χ2v) is 5.76. The van der Waals surface area contributed by atoms with Gasteiger partial charge in [-0.25, -0.2) is 8.78 Å². The van der Waals surface area contributed by atoms with Gasteiger partial charge in [-0.2, -0.15) is 0 Å². The van der Waals surface area contributed by atoms with Crippen molar-refractivity contribution in [2.45, 2.75) is 26.2 Å². The Morgan fingerprint density at radius 1 is 0.913 bits per heavy atom. The van der Waals surface area contributed by atoms with E-state index in [2.05, 4.69) is 6.92 Å². The van der Waals surface area contributed by atoms with Crippen LogP contribution in [0.1, 0.15) is 25.3 Å². The molecule has 0 fully saturated rings. The molecule has 1 nitrogen and oxygen atoms in total. The molecule has 3 aromatic carbocycles. The van der Waals surface area contributed by atoms with Crippen LogP contribution in [0.2, 0.25) is 0 Å². The Hall–Kier alpha value is -2.42. The predicted octanol–water partition coefficient (Wildman–Crippen LogP) is 5.83. The number of aryl methyl sites for hydroxylation is 1. The molecule has 0 spiro atoms. The molecule has 0 atom stereocenters. The number of unbranched alkanes of at least 4 members (excludes halogenated alkanes) is 1. The second-order valence-electron chi connectivity index (χ2n) is 5.76. The number of halogens is 2. The highest BCUT2D eigenvalue weighted by Crippen LogP contribution is 2.32. The number of aromatic hydroxyl groups is 1. The van der Waals surface area contributed by atoms with E-state index in [1.807, 2.05) is 24.3 Å². The molecule has 0 amide bonds. The number of phenolic OH excluding ortho intramolecular Hbond substituents is 1. The van der Waals surface area contributed by atoms with Crippen LogP contribution in [0.5, 0.6) is 5.75 Å². The average Bonchev–Trinajstić information content (AvgIpc) is 2.56. The van der Waals surface area contributed by atoms with Crippen molar-refractivity contribution in [2.24, 2.45) is 0 Å². The van der Waals surface area contributed by atoms with Crippen LogP contribution in [-0.2, 0) is 6.42 Å². The van der Waals surface area contributed by atoms with E-state index in [1.165, 1.54) is 23.8 Å². The maximum Gasteiger partial charge on any atom is 0.175 e. The van der Waals surface area contributed by atoms with Gasteiger partial charge >= 0.3 is 0 Å². The van der Waals surface area contributed by atoms with Gasteiger partial charge in [-0.05, 0) is 53.1 Å². The van der Waals surface area contributed by atoms with Gasteiger partial charge in [0.05, 0.1) is 5.39 Å². The first-order valence-electron chi connectivity index (χ1n) is 7.80. The minimum atomic E-state index is -0.915. The van der Waals surface area contributed by atoms with Gasteiger partial charge in [0.25, 0.3) is 0 Å². The van der Waals surface area contributed by atoms with Gasteiger partial charge < -0.3 is 5.11 Å². The summed E-state index contributed by atoms with van der Waals surface area (Å²) in [5.41, 5.74) is 2.84. The van der Waals surface area contributed by atoms with Crippen LogP contribution < -0.4 is 0 Å². The Morgan fingerprint density at radius 3 is 2.35 bits per heavy atom. The summed E-state index contributed by atoms with van der Waals surface area (Å²) >= 11 is 0. The van der Waals surface area contributed by atoms with E-state index >= 15 is 0 Å². The Balaban J connectivity index is 2.02. The first-order chi connectivity index (χ1) is 11.1. The molecule has 0 aliphatic heterocycles. The van der Waals surface area contributed by atoms with Crippen molar-refractivity contribution in [1.82, 2.24) is 0 Å². The highest BCUT2D eigenvalue weighted by atomic mass is 19.1. The van der Waals surface area contributed by atoms with Crippen LogP contribution in [0.4, 0.5) is 8.78 Å². The fourth-order valence-corrected chi connectivity index (χ4v) is 2.77. The van der Waals surface area contributed by atoms with Crippen molar-refractivity contribution in [3.8, 4) is 16.9 Å². The minimum absolute atomic E-state index is 0.173. The number of fused-ring (bicyclic) bond motifs is 1. The van der Waals surface area contributed by atoms with Crippen molar-refractivity contribution in [1.29, 1.82) is 0 Å². The molecule has 0 heterocycles. The lowest BCUT2D eigenvalue weighted by Crippen LogP contribution is -1.89. The fourth-order valence-electron chi connectivity index (χ4n) is 2.77. The summed E-state index contributed by atoms with van der Waals surface area (Å²) in [4.78, 5) is 0. The Morgan fingerprint density at radius 2 is 1.65 bits per heavy atom. The van der Waals surface area contributed by atoms with Gasteiger partial charge in [0.1, 0.15) is 5.82 Å². The molecule has 0 saturated carbocycles. The molecular formula is C20H18F2O. The zero-order valence-corrected chi connectivity index (χ0v) is 12.9. The number of hydrogen-bond acceptors (Lipinski definition) is 1. The van der Waals surface area contributed by atoms with Gasteiger partial charge in [0.15, 0.2) is 11.6 Å². The summed E-state index contributed by atoms with van der Waals surface area (Å²) < 4.78 is 28.1. The molecule has 0 bridgehead atoms. The predicted molar refractivity (Wildman–Crippen MR) is 89.6 cm³/mol. The van der Waals surface area contributed by atoms with Crippen LogP contribution >= 0.6 is 0 Å². The third kappa shape index (κ3) is 3.04. The molecule has 0 aliphatic rings. The van der Waals surface area contributed by atoms with Gasteiger partial charge in [-0.15, -0.1) is 0 Å². The SMILES string of the molecule is CCCCc1ccc(-c2cc(F)c3c(F)c(O)ccc3c2)cc1. The third-order valence-electron chi connectivity index (χ3n) is 4.09.